The minimum Gasteiger partial charge on any atom is -0.388 e. The van der Waals surface area contributed by atoms with Crippen LogP contribution in [0.25, 0.3) is 0 Å². The Morgan fingerprint density at radius 1 is 1.06 bits per heavy atom. The molecule has 0 amide bonds. The Bertz CT molecular complexity index is 311. The van der Waals surface area contributed by atoms with Crippen molar-refractivity contribution in [2.24, 2.45) is 0 Å². The topological polar surface area (TPSA) is 20.2 Å². The minimum atomic E-state index is -0.263. The van der Waals surface area contributed by atoms with Crippen molar-refractivity contribution in [1.82, 2.24) is 0 Å². The van der Waals surface area contributed by atoms with Gasteiger partial charge in [-0.1, -0.05) is 58.3 Å². The van der Waals surface area contributed by atoms with E-state index in [0.29, 0.717) is 0 Å². The minimum absolute atomic E-state index is 0.263. The van der Waals surface area contributed by atoms with Crippen LogP contribution in [0.4, 0.5) is 0 Å². The Morgan fingerprint density at radius 2 is 1.67 bits per heavy atom. The number of halogens is 1. The van der Waals surface area contributed by atoms with Crippen molar-refractivity contribution in [2.45, 2.75) is 70.8 Å². The number of rotatable bonds is 10. The molecule has 0 aliphatic carbocycles. The molecule has 3 heteroatoms. The number of thiophene rings is 1. The second kappa shape index (κ2) is 9.99. The van der Waals surface area contributed by atoms with Crippen molar-refractivity contribution in [3.05, 3.63) is 20.8 Å². The summed E-state index contributed by atoms with van der Waals surface area (Å²) >= 11 is 5.07. The van der Waals surface area contributed by atoms with Crippen LogP contribution in [0, 0.1) is 0 Å². The van der Waals surface area contributed by atoms with Gasteiger partial charge in [-0.15, -0.1) is 11.3 Å². The normalized spacial score (nSPS) is 12.8. The molecule has 104 valence electrons. The molecule has 0 radical (unpaired) electrons. The molecule has 18 heavy (non-hydrogen) atoms. The zero-order chi connectivity index (χ0) is 13.2. The van der Waals surface area contributed by atoms with Crippen LogP contribution in [0.15, 0.2) is 15.9 Å². The van der Waals surface area contributed by atoms with Gasteiger partial charge < -0.3 is 5.11 Å². The summed E-state index contributed by atoms with van der Waals surface area (Å²) in [5, 5.41) is 10.00. The fourth-order valence-corrected chi connectivity index (χ4v) is 3.57. The summed E-state index contributed by atoms with van der Waals surface area (Å²) in [4.78, 5) is 1.09. The van der Waals surface area contributed by atoms with Gasteiger partial charge in [0.05, 0.1) is 9.89 Å². The van der Waals surface area contributed by atoms with Crippen LogP contribution in [-0.4, -0.2) is 5.11 Å². The van der Waals surface area contributed by atoms with Gasteiger partial charge in [0, 0.05) is 4.88 Å². The molecule has 1 unspecified atom stereocenters. The first kappa shape index (κ1) is 16.2. The summed E-state index contributed by atoms with van der Waals surface area (Å²) in [5.74, 6) is 0. The quantitative estimate of drug-likeness (QED) is 0.515. The van der Waals surface area contributed by atoms with Crippen molar-refractivity contribution in [1.29, 1.82) is 0 Å². The summed E-state index contributed by atoms with van der Waals surface area (Å²) in [6, 6.07) is 4.03. The summed E-state index contributed by atoms with van der Waals surface area (Å²) in [6.45, 7) is 2.25. The lowest BCUT2D eigenvalue weighted by Gasteiger charge is -2.07. The lowest BCUT2D eigenvalue weighted by Crippen LogP contribution is -1.94. The van der Waals surface area contributed by atoms with Crippen molar-refractivity contribution in [2.75, 3.05) is 0 Å². The van der Waals surface area contributed by atoms with Crippen LogP contribution in [0.3, 0.4) is 0 Å². The highest BCUT2D eigenvalue weighted by molar-refractivity contribution is 9.11. The third-order valence-electron chi connectivity index (χ3n) is 3.25. The van der Waals surface area contributed by atoms with Crippen LogP contribution >= 0.6 is 27.3 Å². The fourth-order valence-electron chi connectivity index (χ4n) is 2.12. The molecule has 1 aromatic heterocycles. The molecule has 0 fully saturated rings. The number of aliphatic hydroxyl groups excluding tert-OH is 1. The Balaban J connectivity index is 1.97. The predicted molar refractivity (Wildman–Crippen MR) is 84.2 cm³/mol. The van der Waals surface area contributed by atoms with E-state index in [1.165, 1.54) is 44.9 Å². The fraction of sp³-hybridized carbons (Fsp3) is 0.733. The van der Waals surface area contributed by atoms with Gasteiger partial charge in [-0.25, -0.2) is 0 Å². The zero-order valence-corrected chi connectivity index (χ0v) is 13.7. The zero-order valence-electron chi connectivity index (χ0n) is 11.3. The largest absolute Gasteiger partial charge is 0.388 e. The molecule has 1 heterocycles. The van der Waals surface area contributed by atoms with Gasteiger partial charge >= 0.3 is 0 Å². The molecule has 0 aliphatic rings. The summed E-state index contributed by atoms with van der Waals surface area (Å²) < 4.78 is 1.10. The molecular formula is C15H25BrOS. The van der Waals surface area contributed by atoms with Gasteiger partial charge in [-0.2, -0.15) is 0 Å². The average molecular weight is 333 g/mol. The standard InChI is InChI=1S/C15H25BrOS/c1-2-3-4-5-6-7-8-9-10-13(17)14-11-12-15(16)18-14/h11-13,17H,2-10H2,1H3. The molecule has 1 N–H and O–H groups in total. The first-order valence-electron chi connectivity index (χ1n) is 7.17. The third kappa shape index (κ3) is 6.91. The molecule has 0 bridgehead atoms. The van der Waals surface area contributed by atoms with E-state index in [1.807, 2.05) is 12.1 Å². The molecule has 0 saturated heterocycles. The summed E-state index contributed by atoms with van der Waals surface area (Å²) in [5.41, 5.74) is 0. The SMILES string of the molecule is CCCCCCCCCCC(O)c1ccc(Br)s1. The lowest BCUT2D eigenvalue weighted by molar-refractivity contribution is 0.167. The van der Waals surface area contributed by atoms with Crippen LogP contribution in [0.1, 0.15) is 75.7 Å². The van der Waals surface area contributed by atoms with E-state index in [0.717, 1.165) is 21.5 Å². The van der Waals surface area contributed by atoms with Crippen LogP contribution < -0.4 is 0 Å². The van der Waals surface area contributed by atoms with Crippen LogP contribution in [0.5, 0.6) is 0 Å². The second-order valence-corrected chi connectivity index (χ2v) is 7.42. The molecular weight excluding hydrogens is 308 g/mol. The highest BCUT2D eigenvalue weighted by Gasteiger charge is 2.09. The van der Waals surface area contributed by atoms with Gasteiger partial charge in [-0.05, 0) is 34.5 Å². The highest BCUT2D eigenvalue weighted by atomic mass is 79.9. The van der Waals surface area contributed by atoms with Crippen LogP contribution in [-0.2, 0) is 0 Å². The van der Waals surface area contributed by atoms with Crippen LogP contribution in [0.2, 0.25) is 0 Å². The number of hydrogen-bond donors (Lipinski definition) is 1. The highest BCUT2D eigenvalue weighted by Crippen LogP contribution is 2.30. The maximum atomic E-state index is 10.00. The Morgan fingerprint density at radius 3 is 2.22 bits per heavy atom. The van der Waals surface area contributed by atoms with Gasteiger partial charge in [0.25, 0.3) is 0 Å². The van der Waals surface area contributed by atoms with E-state index in [1.54, 1.807) is 11.3 Å². The van der Waals surface area contributed by atoms with Gasteiger partial charge in [0.1, 0.15) is 0 Å². The van der Waals surface area contributed by atoms with E-state index < -0.39 is 0 Å². The summed E-state index contributed by atoms with van der Waals surface area (Å²) in [7, 11) is 0. The Labute approximate surface area is 124 Å². The first-order chi connectivity index (χ1) is 8.74. The number of aliphatic hydroxyl groups is 1. The Hall–Kier alpha value is 0.140. The molecule has 0 aromatic carbocycles. The molecule has 0 spiro atoms. The van der Waals surface area contributed by atoms with Gasteiger partial charge in [0.2, 0.25) is 0 Å². The summed E-state index contributed by atoms with van der Waals surface area (Å²) in [6.07, 6.45) is 11.2. The van der Waals surface area contributed by atoms with Crippen molar-refractivity contribution >= 4 is 27.3 Å². The van der Waals surface area contributed by atoms with Crippen molar-refractivity contribution < 1.29 is 5.11 Å². The number of hydrogen-bond acceptors (Lipinski definition) is 2. The predicted octanol–water partition coefficient (Wildman–Crippen LogP) is 6.07. The average Bonchev–Trinajstić information content (AvgIpc) is 2.79. The lowest BCUT2D eigenvalue weighted by atomic mass is 10.1. The van der Waals surface area contributed by atoms with E-state index in [-0.39, 0.29) is 6.10 Å². The maximum absolute atomic E-state index is 10.00. The number of unbranched alkanes of at least 4 members (excludes halogenated alkanes) is 7. The Kier molecular flexibility index (Phi) is 8.99. The third-order valence-corrected chi connectivity index (χ3v) is 4.98. The smallest absolute Gasteiger partial charge is 0.0882 e. The molecule has 1 rings (SSSR count). The molecule has 0 aliphatic heterocycles. The second-order valence-electron chi connectivity index (χ2n) is 4.92. The van der Waals surface area contributed by atoms with E-state index in [2.05, 4.69) is 22.9 Å². The van der Waals surface area contributed by atoms with Crippen molar-refractivity contribution in [3.63, 3.8) is 0 Å². The first-order valence-corrected chi connectivity index (χ1v) is 8.78. The van der Waals surface area contributed by atoms with Gasteiger partial charge in [-0.3, -0.25) is 0 Å². The molecule has 1 nitrogen and oxygen atoms in total. The van der Waals surface area contributed by atoms with E-state index >= 15 is 0 Å². The molecule has 0 saturated carbocycles. The molecule has 1 atom stereocenters. The molecule has 1 aromatic rings. The monoisotopic (exact) mass is 332 g/mol. The maximum Gasteiger partial charge on any atom is 0.0882 e. The van der Waals surface area contributed by atoms with Gasteiger partial charge in [0.15, 0.2) is 0 Å². The van der Waals surface area contributed by atoms with E-state index in [9.17, 15) is 5.11 Å². The van der Waals surface area contributed by atoms with Crippen molar-refractivity contribution in [3.8, 4) is 0 Å². The van der Waals surface area contributed by atoms with E-state index in [4.69, 9.17) is 0 Å².